The lowest BCUT2D eigenvalue weighted by Crippen LogP contribution is -2.26. The summed E-state index contributed by atoms with van der Waals surface area (Å²) >= 11 is 0. The van der Waals surface area contributed by atoms with Crippen molar-refractivity contribution in [3.05, 3.63) is 82.3 Å². The first-order valence-corrected chi connectivity index (χ1v) is 9.59. The zero-order valence-corrected chi connectivity index (χ0v) is 17.7. The van der Waals surface area contributed by atoms with Crippen molar-refractivity contribution in [2.24, 2.45) is 0 Å². The fraction of sp³-hybridized carbons (Fsp3) is 0.250. The number of hydrogen-bond acceptors (Lipinski definition) is 5. The highest BCUT2D eigenvalue weighted by Gasteiger charge is 2.29. The number of methoxy groups -OCH3 is 1. The molecule has 156 valence electrons. The summed E-state index contributed by atoms with van der Waals surface area (Å²) in [5.41, 5.74) is 3.07. The fourth-order valence-corrected chi connectivity index (χ4v) is 3.28. The van der Waals surface area contributed by atoms with Gasteiger partial charge in [0.05, 0.1) is 12.8 Å². The Labute approximate surface area is 175 Å². The molecule has 1 amide bonds. The molecule has 1 aromatic heterocycles. The van der Waals surface area contributed by atoms with Crippen LogP contribution in [0.1, 0.15) is 44.7 Å². The van der Waals surface area contributed by atoms with Crippen LogP contribution in [0.15, 0.2) is 52.9 Å². The van der Waals surface area contributed by atoms with E-state index >= 15 is 0 Å². The first-order valence-electron chi connectivity index (χ1n) is 9.59. The lowest BCUT2D eigenvalue weighted by Gasteiger charge is -2.19. The number of furan rings is 1. The van der Waals surface area contributed by atoms with E-state index in [-0.39, 0.29) is 0 Å². The molecule has 0 saturated heterocycles. The van der Waals surface area contributed by atoms with Crippen molar-refractivity contribution in [2.45, 2.75) is 33.8 Å². The van der Waals surface area contributed by atoms with Crippen LogP contribution in [0.3, 0.4) is 0 Å². The van der Waals surface area contributed by atoms with Gasteiger partial charge in [-0.25, -0.2) is 4.79 Å². The molecule has 2 aromatic carbocycles. The Kier molecular flexibility index (Phi) is 6.26. The second-order valence-electron chi connectivity index (χ2n) is 7.10. The molecule has 1 atom stereocenters. The molecule has 6 nitrogen and oxygen atoms in total. The van der Waals surface area contributed by atoms with Crippen molar-refractivity contribution in [3.8, 4) is 5.75 Å². The molecule has 0 bridgehead atoms. The fourth-order valence-electron chi connectivity index (χ4n) is 3.28. The van der Waals surface area contributed by atoms with Crippen LogP contribution < -0.4 is 10.1 Å². The van der Waals surface area contributed by atoms with Gasteiger partial charge in [-0.1, -0.05) is 36.4 Å². The largest absolute Gasteiger partial charge is 0.495 e. The molecule has 3 rings (SSSR count). The van der Waals surface area contributed by atoms with Crippen molar-refractivity contribution in [1.82, 2.24) is 0 Å². The number of esters is 1. The van der Waals surface area contributed by atoms with Crippen molar-refractivity contribution >= 4 is 17.6 Å². The van der Waals surface area contributed by atoms with Crippen LogP contribution in [0.5, 0.6) is 5.75 Å². The van der Waals surface area contributed by atoms with Crippen LogP contribution in [0.25, 0.3) is 0 Å². The summed E-state index contributed by atoms with van der Waals surface area (Å²) in [4.78, 5) is 26.1. The second kappa shape index (κ2) is 8.86. The van der Waals surface area contributed by atoms with Gasteiger partial charge in [0.2, 0.25) is 6.10 Å². The third kappa shape index (κ3) is 4.38. The highest BCUT2D eigenvalue weighted by molar-refractivity contribution is 5.99. The van der Waals surface area contributed by atoms with Gasteiger partial charge in [0, 0.05) is 11.1 Å². The van der Waals surface area contributed by atoms with Crippen LogP contribution in [-0.4, -0.2) is 19.0 Å². The predicted octanol–water partition coefficient (Wildman–Crippen LogP) is 5.06. The average Bonchev–Trinajstić information content (AvgIpc) is 2.98. The summed E-state index contributed by atoms with van der Waals surface area (Å²) in [7, 11) is 1.53. The third-order valence-corrected chi connectivity index (χ3v) is 4.94. The Morgan fingerprint density at radius 2 is 1.67 bits per heavy atom. The molecule has 0 spiro atoms. The molecule has 3 aromatic rings. The van der Waals surface area contributed by atoms with Gasteiger partial charge in [0.15, 0.2) is 0 Å². The molecule has 0 aliphatic rings. The second-order valence-corrected chi connectivity index (χ2v) is 7.10. The molecule has 30 heavy (non-hydrogen) atoms. The van der Waals surface area contributed by atoms with E-state index in [1.54, 1.807) is 57.2 Å². The zero-order valence-electron chi connectivity index (χ0n) is 17.7. The predicted molar refractivity (Wildman–Crippen MR) is 114 cm³/mol. The lowest BCUT2D eigenvalue weighted by molar-refractivity contribution is -0.125. The van der Waals surface area contributed by atoms with E-state index < -0.39 is 18.0 Å². The molecule has 0 radical (unpaired) electrons. The summed E-state index contributed by atoms with van der Waals surface area (Å²) < 4.78 is 16.6. The van der Waals surface area contributed by atoms with E-state index in [2.05, 4.69) is 5.32 Å². The Bertz CT molecular complexity index is 1070. The van der Waals surface area contributed by atoms with Crippen molar-refractivity contribution < 1.29 is 23.5 Å². The van der Waals surface area contributed by atoms with Crippen LogP contribution in [0.2, 0.25) is 0 Å². The number of carbonyl (C=O) groups excluding carboxylic acids is 2. The van der Waals surface area contributed by atoms with Crippen LogP contribution in [0.4, 0.5) is 5.69 Å². The average molecular weight is 407 g/mol. The Balaban J connectivity index is 1.93. The summed E-state index contributed by atoms with van der Waals surface area (Å²) in [6.07, 6.45) is -1.14. The maximum atomic E-state index is 13.2. The smallest absolute Gasteiger partial charge is 0.343 e. The molecule has 6 heteroatoms. The molecular weight excluding hydrogens is 382 g/mol. The van der Waals surface area contributed by atoms with E-state index in [9.17, 15) is 9.59 Å². The third-order valence-electron chi connectivity index (χ3n) is 4.94. The molecule has 1 heterocycles. The normalized spacial score (nSPS) is 11.6. The van der Waals surface area contributed by atoms with Gasteiger partial charge in [-0.15, -0.1) is 0 Å². The van der Waals surface area contributed by atoms with Gasteiger partial charge < -0.3 is 19.2 Å². The highest BCUT2D eigenvalue weighted by Crippen LogP contribution is 2.29. The zero-order chi connectivity index (χ0) is 21.8. The number of nitrogens with one attached hydrogen (secondary N) is 1. The molecule has 0 aliphatic carbocycles. The number of ether oxygens (including phenoxy) is 2. The van der Waals surface area contributed by atoms with E-state index in [0.29, 0.717) is 39.6 Å². The number of benzene rings is 2. The van der Waals surface area contributed by atoms with E-state index in [0.717, 1.165) is 5.56 Å². The standard InChI is InChI=1S/C24H25NO5/c1-14-11-12-20(28-5)19(13-14)25-23(26)22(18-9-7-6-8-10-18)30-24(27)21-15(2)16(3)29-17(21)4/h6-13,22H,1-5H3,(H,25,26)/t22-/m0/s1. The molecule has 0 aliphatic heterocycles. The van der Waals surface area contributed by atoms with Crippen molar-refractivity contribution in [1.29, 1.82) is 0 Å². The monoisotopic (exact) mass is 407 g/mol. The van der Waals surface area contributed by atoms with E-state index in [4.69, 9.17) is 13.9 Å². The minimum atomic E-state index is -1.14. The Morgan fingerprint density at radius 3 is 2.27 bits per heavy atom. The van der Waals surface area contributed by atoms with Gasteiger partial charge in [-0.2, -0.15) is 0 Å². The Hall–Kier alpha value is -3.54. The first-order chi connectivity index (χ1) is 14.3. The van der Waals surface area contributed by atoms with Gasteiger partial charge in [0.25, 0.3) is 5.91 Å². The molecule has 0 unspecified atom stereocenters. The molecule has 1 N–H and O–H groups in total. The van der Waals surface area contributed by atoms with E-state index in [1.165, 1.54) is 7.11 Å². The number of amides is 1. The summed E-state index contributed by atoms with van der Waals surface area (Å²) in [6, 6.07) is 14.3. The Morgan fingerprint density at radius 1 is 0.967 bits per heavy atom. The number of carbonyl (C=O) groups is 2. The highest BCUT2D eigenvalue weighted by atomic mass is 16.5. The summed E-state index contributed by atoms with van der Waals surface area (Å²) in [5.74, 6) is 0.535. The topological polar surface area (TPSA) is 77.8 Å². The summed E-state index contributed by atoms with van der Waals surface area (Å²) in [5, 5.41) is 2.83. The minimum absolute atomic E-state index is 0.342. The van der Waals surface area contributed by atoms with Crippen molar-refractivity contribution in [3.63, 3.8) is 0 Å². The van der Waals surface area contributed by atoms with Gasteiger partial charge in [-0.3, -0.25) is 4.79 Å². The number of anilines is 1. The lowest BCUT2D eigenvalue weighted by atomic mass is 10.1. The maximum absolute atomic E-state index is 13.2. The van der Waals surface area contributed by atoms with Crippen LogP contribution >= 0.6 is 0 Å². The number of aryl methyl sites for hydroxylation is 3. The SMILES string of the molecule is COc1ccc(C)cc1NC(=O)[C@@H](OC(=O)c1c(C)oc(C)c1C)c1ccccc1. The quantitative estimate of drug-likeness (QED) is 0.578. The molecule has 0 saturated carbocycles. The van der Waals surface area contributed by atoms with Gasteiger partial charge in [0.1, 0.15) is 22.8 Å². The number of hydrogen-bond donors (Lipinski definition) is 1. The van der Waals surface area contributed by atoms with Crippen LogP contribution in [-0.2, 0) is 9.53 Å². The first kappa shape index (κ1) is 21.2. The van der Waals surface area contributed by atoms with Gasteiger partial charge >= 0.3 is 5.97 Å². The number of rotatable bonds is 6. The van der Waals surface area contributed by atoms with Crippen LogP contribution in [0, 0.1) is 27.7 Å². The molecule has 0 fully saturated rings. The van der Waals surface area contributed by atoms with Crippen molar-refractivity contribution in [2.75, 3.05) is 12.4 Å². The maximum Gasteiger partial charge on any atom is 0.343 e. The van der Waals surface area contributed by atoms with E-state index in [1.807, 2.05) is 19.1 Å². The van der Waals surface area contributed by atoms with Gasteiger partial charge in [-0.05, 0) is 45.4 Å². The molecular formula is C24H25NO5. The minimum Gasteiger partial charge on any atom is -0.495 e. The summed E-state index contributed by atoms with van der Waals surface area (Å²) in [6.45, 7) is 7.19.